The molecule has 0 heterocycles. The van der Waals surface area contributed by atoms with Crippen LogP contribution in [-0.2, 0) is 43.4 Å². The lowest BCUT2D eigenvalue weighted by Gasteiger charge is -2.27. The van der Waals surface area contributed by atoms with E-state index in [1.807, 2.05) is 0 Å². The minimum absolute atomic E-state index is 0.0408. The molecule has 0 saturated heterocycles. The van der Waals surface area contributed by atoms with Crippen molar-refractivity contribution in [3.8, 4) is 0 Å². The molecule has 0 radical (unpaired) electrons. The zero-order valence-electron chi connectivity index (χ0n) is 27.0. The van der Waals surface area contributed by atoms with Gasteiger partial charge < -0.3 is 42.5 Å². The fraction of sp³-hybridized carbons (Fsp3) is 0.679. The topological polar surface area (TPSA) is 280 Å². The average Bonchev–Trinajstić information content (AvgIpc) is 2.93. The lowest BCUT2D eigenvalue weighted by Crippen LogP contribution is -2.60. The maximum Gasteiger partial charge on any atom is 0.305 e. The fourth-order valence-electron chi connectivity index (χ4n) is 4.06. The summed E-state index contributed by atoms with van der Waals surface area (Å²) in [6, 6.07) is -6.60. The number of aliphatic hydroxyl groups is 1. The third kappa shape index (κ3) is 17.4. The first-order valence-corrected chi connectivity index (χ1v) is 16.6. The average molecular weight is 677 g/mol. The van der Waals surface area contributed by atoms with Crippen molar-refractivity contribution < 1.29 is 52.2 Å². The van der Waals surface area contributed by atoms with Crippen molar-refractivity contribution in [1.29, 1.82) is 0 Å². The number of aliphatic hydroxyl groups excluding tert-OH is 1. The predicted molar refractivity (Wildman–Crippen MR) is 166 cm³/mol. The van der Waals surface area contributed by atoms with Gasteiger partial charge in [0, 0.05) is 25.0 Å². The molecule has 18 heteroatoms. The number of carboxylic acids is 1. The number of carboxylic acid groups (broad SMARTS) is 1. The molecule has 9 N–H and O–H groups in total. The summed E-state index contributed by atoms with van der Waals surface area (Å²) in [5.74, 6) is -6.70. The number of amides is 6. The molecule has 0 saturated carbocycles. The third-order valence-electron chi connectivity index (χ3n) is 6.60. The molecule has 0 spiro atoms. The number of carbonyl (C=O) groups is 7. The summed E-state index contributed by atoms with van der Waals surface area (Å²) in [4.78, 5) is 86.9. The minimum Gasteiger partial charge on any atom is -0.481 e. The lowest BCUT2D eigenvalue weighted by atomic mass is 9.98. The first kappa shape index (κ1) is 41.9. The number of nitrogens with one attached hydrogen (secondary N) is 5. The van der Waals surface area contributed by atoms with Crippen LogP contribution in [0.25, 0.3) is 0 Å². The number of hydrogen-bond acceptors (Lipinski definition) is 10. The Kier molecular flexibility index (Phi) is 18.4. The Hall–Kier alpha value is -4.06. The summed E-state index contributed by atoms with van der Waals surface area (Å²) in [5.41, 5.74) is 5.23. The molecule has 0 aliphatic carbocycles. The monoisotopic (exact) mass is 676 g/mol. The molecule has 0 rings (SSSR count). The van der Waals surface area contributed by atoms with Gasteiger partial charge in [0.05, 0.1) is 19.1 Å². The van der Waals surface area contributed by atoms with Gasteiger partial charge in [-0.2, -0.15) is 0 Å². The number of aliphatic carboxylic acids is 1. The molecule has 6 atom stereocenters. The highest BCUT2D eigenvalue weighted by Crippen LogP contribution is 2.10. The van der Waals surface area contributed by atoms with E-state index in [1.165, 1.54) is 6.92 Å². The van der Waals surface area contributed by atoms with Gasteiger partial charge in [0.15, 0.2) is 9.84 Å². The van der Waals surface area contributed by atoms with Gasteiger partial charge in [-0.25, -0.2) is 8.42 Å². The van der Waals surface area contributed by atoms with Gasteiger partial charge in [-0.1, -0.05) is 40.2 Å². The van der Waals surface area contributed by atoms with Gasteiger partial charge in [-0.15, -0.1) is 0 Å². The number of carbonyl (C=O) groups excluding carboxylic acids is 6. The fourth-order valence-corrected chi connectivity index (χ4v) is 4.53. The van der Waals surface area contributed by atoms with Crippen LogP contribution in [0.2, 0.25) is 0 Å². The van der Waals surface area contributed by atoms with Crippen LogP contribution in [0.3, 0.4) is 0 Å². The second kappa shape index (κ2) is 20.1. The third-order valence-corrected chi connectivity index (χ3v) is 7.25. The minimum atomic E-state index is -3.65. The van der Waals surface area contributed by atoms with Crippen LogP contribution in [0.15, 0.2) is 11.5 Å². The molecule has 1 unspecified atom stereocenters. The Balaban J connectivity index is 6.07. The molecule has 17 nitrogen and oxygen atoms in total. The largest absolute Gasteiger partial charge is 0.481 e. The second-order valence-electron chi connectivity index (χ2n) is 11.4. The van der Waals surface area contributed by atoms with E-state index in [0.717, 1.165) is 17.7 Å². The number of nitrogens with two attached hydrogens (primary N) is 1. The van der Waals surface area contributed by atoms with Crippen LogP contribution < -0.4 is 32.3 Å². The van der Waals surface area contributed by atoms with E-state index in [-0.39, 0.29) is 31.1 Å². The molecule has 0 fully saturated rings. The van der Waals surface area contributed by atoms with Crippen LogP contribution in [0.1, 0.15) is 66.7 Å². The summed E-state index contributed by atoms with van der Waals surface area (Å²) >= 11 is 0. The van der Waals surface area contributed by atoms with Crippen molar-refractivity contribution in [3.05, 3.63) is 11.5 Å². The van der Waals surface area contributed by atoms with Crippen LogP contribution in [0, 0.1) is 11.8 Å². The lowest BCUT2D eigenvalue weighted by molar-refractivity contribution is -0.138. The molecule has 0 aromatic carbocycles. The smallest absolute Gasteiger partial charge is 0.305 e. The molecule has 262 valence electrons. The molecule has 0 aliphatic rings. The molecule has 0 aliphatic heterocycles. The Morgan fingerprint density at radius 1 is 0.826 bits per heavy atom. The molecule has 0 aromatic rings. The summed E-state index contributed by atoms with van der Waals surface area (Å²) in [6.07, 6.45) is 1.06. The first-order valence-electron chi connectivity index (χ1n) is 14.7. The molecule has 46 heavy (non-hydrogen) atoms. The van der Waals surface area contributed by atoms with Crippen molar-refractivity contribution in [2.75, 3.05) is 12.9 Å². The van der Waals surface area contributed by atoms with Crippen LogP contribution in [-0.4, -0.2) is 103 Å². The van der Waals surface area contributed by atoms with Crippen LogP contribution >= 0.6 is 0 Å². The maximum absolute atomic E-state index is 13.4. The Labute approximate surface area is 268 Å². The quantitative estimate of drug-likeness (QED) is 0.0646. The van der Waals surface area contributed by atoms with Gasteiger partial charge in [-0.3, -0.25) is 33.6 Å². The molecule has 0 aromatic heterocycles. The van der Waals surface area contributed by atoms with E-state index >= 15 is 0 Å². The number of primary amides is 1. The van der Waals surface area contributed by atoms with E-state index in [9.17, 15) is 52.2 Å². The summed E-state index contributed by atoms with van der Waals surface area (Å²) in [6.45, 7) is 7.29. The van der Waals surface area contributed by atoms with Crippen molar-refractivity contribution in [3.63, 3.8) is 0 Å². The normalized spacial score (nSPS) is 15.5. The Bertz CT molecular complexity index is 1240. The standard InChI is InChI=1S/C28H48N6O11S/c1-7-16(4)24(30-17(5)36)28(43)34-21(14-35)27(42)32-19(8-9-22(29)37)25(40)33-20(12-15(2)3)26(41)31-18(13-23(38)39)10-11-46(6,44)45/h10-11,15-16,18-21,24,35H,7-9,12-14H2,1-6H3,(H2,29,37)(H,30,36)(H,31,41)(H,32,42)(H,33,40)(H,34,43)(H,38,39)/b11-10+/t16?,18-,19+,20+,21+,24+/m1/s1. The molecular formula is C28H48N6O11S. The van der Waals surface area contributed by atoms with E-state index in [1.54, 1.807) is 27.7 Å². The van der Waals surface area contributed by atoms with Crippen molar-refractivity contribution >= 4 is 51.2 Å². The summed E-state index contributed by atoms with van der Waals surface area (Å²) in [5, 5.41) is 31.8. The van der Waals surface area contributed by atoms with Crippen molar-refractivity contribution in [2.45, 2.75) is 96.9 Å². The van der Waals surface area contributed by atoms with Gasteiger partial charge in [0.25, 0.3) is 0 Å². The first-order chi connectivity index (χ1) is 21.2. The molecular weight excluding hydrogens is 628 g/mol. The van der Waals surface area contributed by atoms with E-state index in [0.29, 0.717) is 6.42 Å². The summed E-state index contributed by atoms with van der Waals surface area (Å²) < 4.78 is 23.1. The zero-order valence-corrected chi connectivity index (χ0v) is 27.8. The van der Waals surface area contributed by atoms with E-state index in [2.05, 4.69) is 26.6 Å². The number of rotatable bonds is 21. The SMILES string of the molecule is CCC(C)[C@H](NC(C)=O)C(=O)N[C@@H](CO)C(=O)N[C@@H](CCC(N)=O)C(=O)N[C@@H](CC(C)C)C(=O)N[C@H](/C=C/S(C)(=O)=O)CC(=O)O. The van der Waals surface area contributed by atoms with Gasteiger partial charge in [0.1, 0.15) is 24.2 Å². The highest BCUT2D eigenvalue weighted by atomic mass is 32.2. The van der Waals surface area contributed by atoms with Crippen LogP contribution in [0.4, 0.5) is 0 Å². The van der Waals surface area contributed by atoms with Crippen LogP contribution in [0.5, 0.6) is 0 Å². The zero-order chi connectivity index (χ0) is 35.8. The van der Waals surface area contributed by atoms with Gasteiger partial charge in [0.2, 0.25) is 35.4 Å². The summed E-state index contributed by atoms with van der Waals surface area (Å²) in [7, 11) is -3.65. The molecule has 6 amide bonds. The predicted octanol–water partition coefficient (Wildman–Crippen LogP) is -2.19. The highest BCUT2D eigenvalue weighted by Gasteiger charge is 2.33. The van der Waals surface area contributed by atoms with Crippen molar-refractivity contribution in [2.24, 2.45) is 17.6 Å². The Morgan fingerprint density at radius 3 is 1.80 bits per heavy atom. The Morgan fingerprint density at radius 2 is 1.35 bits per heavy atom. The number of sulfone groups is 1. The number of hydrogen-bond donors (Lipinski definition) is 8. The van der Waals surface area contributed by atoms with Gasteiger partial charge >= 0.3 is 5.97 Å². The second-order valence-corrected chi connectivity index (χ2v) is 13.4. The molecule has 0 bridgehead atoms. The highest BCUT2D eigenvalue weighted by molar-refractivity contribution is 7.93. The van der Waals surface area contributed by atoms with Gasteiger partial charge in [-0.05, 0) is 24.7 Å². The van der Waals surface area contributed by atoms with Crippen molar-refractivity contribution in [1.82, 2.24) is 26.6 Å². The van der Waals surface area contributed by atoms with E-state index < -0.39 is 94.5 Å². The van der Waals surface area contributed by atoms with E-state index in [4.69, 9.17) is 5.73 Å². The maximum atomic E-state index is 13.4.